The Labute approximate surface area is 139 Å². The Kier molecular flexibility index (Phi) is 4.62. The monoisotopic (exact) mass is 316 g/mol. The van der Waals surface area contributed by atoms with Crippen molar-refractivity contribution < 1.29 is 9.53 Å². The van der Waals surface area contributed by atoms with E-state index in [0.29, 0.717) is 5.92 Å². The van der Waals surface area contributed by atoms with Gasteiger partial charge in [-0.15, -0.1) is 0 Å². The van der Waals surface area contributed by atoms with E-state index in [9.17, 15) is 4.79 Å². The topological polar surface area (TPSA) is 41.6 Å². The van der Waals surface area contributed by atoms with Crippen LogP contribution in [0.2, 0.25) is 0 Å². The highest BCUT2D eigenvalue weighted by molar-refractivity contribution is 5.68. The smallest absolute Gasteiger partial charge is 0.407 e. The number of benzene rings is 1. The summed E-state index contributed by atoms with van der Waals surface area (Å²) in [5.41, 5.74) is 0.890. The lowest BCUT2D eigenvalue weighted by molar-refractivity contribution is 0.0493. The van der Waals surface area contributed by atoms with Gasteiger partial charge in [0.2, 0.25) is 0 Å². The van der Waals surface area contributed by atoms with Crippen LogP contribution in [0.5, 0.6) is 0 Å². The van der Waals surface area contributed by atoms with E-state index in [2.05, 4.69) is 34.5 Å². The van der Waals surface area contributed by atoms with Crippen LogP contribution < -0.4 is 5.32 Å². The number of hydrogen-bond acceptors (Lipinski definition) is 3. The minimum Gasteiger partial charge on any atom is -0.444 e. The van der Waals surface area contributed by atoms with Crippen molar-refractivity contribution >= 4 is 6.09 Å². The number of alkyl carbamates (subject to hydrolysis) is 1. The van der Waals surface area contributed by atoms with Crippen LogP contribution in [0.4, 0.5) is 4.79 Å². The quantitative estimate of drug-likeness (QED) is 0.925. The third kappa shape index (κ3) is 4.71. The molecule has 1 saturated heterocycles. The molecular formula is C19H28N2O2. The highest BCUT2D eigenvalue weighted by atomic mass is 16.6. The highest BCUT2D eigenvalue weighted by Gasteiger charge is 2.43. The molecule has 2 aliphatic rings. The van der Waals surface area contributed by atoms with E-state index in [4.69, 9.17) is 4.74 Å². The van der Waals surface area contributed by atoms with E-state index in [-0.39, 0.29) is 12.1 Å². The van der Waals surface area contributed by atoms with Gasteiger partial charge in [0, 0.05) is 25.7 Å². The van der Waals surface area contributed by atoms with Gasteiger partial charge < -0.3 is 10.1 Å². The van der Waals surface area contributed by atoms with Crippen LogP contribution in [0.1, 0.15) is 39.2 Å². The fourth-order valence-electron chi connectivity index (χ4n) is 3.50. The first-order valence-electron chi connectivity index (χ1n) is 8.66. The molecule has 0 spiro atoms. The van der Waals surface area contributed by atoms with E-state index >= 15 is 0 Å². The molecule has 1 aromatic rings. The van der Waals surface area contributed by atoms with Gasteiger partial charge in [-0.1, -0.05) is 30.3 Å². The number of ether oxygens (including phenoxy) is 1. The van der Waals surface area contributed by atoms with Crippen LogP contribution >= 0.6 is 0 Å². The van der Waals surface area contributed by atoms with Crippen molar-refractivity contribution in [3.8, 4) is 0 Å². The van der Waals surface area contributed by atoms with Crippen molar-refractivity contribution in [3.05, 3.63) is 35.9 Å². The zero-order valence-corrected chi connectivity index (χ0v) is 14.4. The molecule has 2 atom stereocenters. The molecule has 126 valence electrons. The fraction of sp³-hybridized carbons (Fsp3) is 0.632. The minimum absolute atomic E-state index is 0.209. The molecule has 0 unspecified atom stereocenters. The Bertz CT molecular complexity index is 534. The summed E-state index contributed by atoms with van der Waals surface area (Å²) in [5, 5.41) is 3.12. The predicted octanol–water partition coefficient (Wildman–Crippen LogP) is 3.42. The lowest BCUT2D eigenvalue weighted by Crippen LogP contribution is -2.43. The number of likely N-dealkylation sites (tertiary alicyclic amines) is 1. The molecule has 1 N–H and O–H groups in total. The van der Waals surface area contributed by atoms with Crippen LogP contribution in [0.25, 0.3) is 0 Å². The second-order valence-corrected chi connectivity index (χ2v) is 7.93. The average Bonchev–Trinajstić information content (AvgIpc) is 3.22. The number of nitrogens with zero attached hydrogens (tertiary/aromatic N) is 1. The molecule has 0 bridgehead atoms. The van der Waals surface area contributed by atoms with Crippen molar-refractivity contribution in [1.29, 1.82) is 0 Å². The molecule has 1 aliphatic heterocycles. The van der Waals surface area contributed by atoms with Crippen molar-refractivity contribution in [2.75, 3.05) is 13.1 Å². The van der Waals surface area contributed by atoms with Gasteiger partial charge in [0.15, 0.2) is 0 Å². The SMILES string of the molecule is CC(C)(C)OC(=O)N[C@@H]1CN(Cc2ccccc2)C[C@@H]1C1CC1. The Morgan fingerprint density at radius 1 is 1.22 bits per heavy atom. The first kappa shape index (κ1) is 16.3. The number of carbonyl (C=O) groups is 1. The number of hydrogen-bond donors (Lipinski definition) is 1. The summed E-state index contributed by atoms with van der Waals surface area (Å²) < 4.78 is 5.43. The first-order valence-corrected chi connectivity index (χ1v) is 8.66. The third-order valence-electron chi connectivity index (χ3n) is 4.62. The standard InChI is InChI=1S/C19H28N2O2/c1-19(2,3)23-18(22)20-17-13-21(12-16(17)15-9-10-15)11-14-7-5-4-6-8-14/h4-8,15-17H,9-13H2,1-3H3,(H,20,22)/t16-,17-/m1/s1. The highest BCUT2D eigenvalue weighted by Crippen LogP contribution is 2.41. The molecule has 23 heavy (non-hydrogen) atoms. The zero-order chi connectivity index (χ0) is 16.4. The minimum atomic E-state index is -0.443. The molecule has 1 amide bonds. The number of nitrogens with one attached hydrogen (secondary N) is 1. The number of amides is 1. The second kappa shape index (κ2) is 6.52. The average molecular weight is 316 g/mol. The lowest BCUT2D eigenvalue weighted by Gasteiger charge is -2.24. The molecule has 1 heterocycles. The lowest BCUT2D eigenvalue weighted by atomic mass is 9.98. The van der Waals surface area contributed by atoms with E-state index in [1.54, 1.807) is 0 Å². The van der Waals surface area contributed by atoms with Gasteiger partial charge in [0.1, 0.15) is 5.60 Å². The normalized spacial score (nSPS) is 25.3. The van der Waals surface area contributed by atoms with Crippen molar-refractivity contribution in [1.82, 2.24) is 10.2 Å². The summed E-state index contributed by atoms with van der Waals surface area (Å²) in [6.45, 7) is 8.65. The van der Waals surface area contributed by atoms with Crippen LogP contribution in [0.15, 0.2) is 30.3 Å². The van der Waals surface area contributed by atoms with E-state index < -0.39 is 5.60 Å². The van der Waals surface area contributed by atoms with Crippen molar-refractivity contribution in [3.63, 3.8) is 0 Å². The summed E-state index contributed by atoms with van der Waals surface area (Å²) in [6, 6.07) is 10.8. The van der Waals surface area contributed by atoms with Crippen molar-refractivity contribution in [2.24, 2.45) is 11.8 Å². The number of rotatable bonds is 4. The largest absolute Gasteiger partial charge is 0.444 e. The fourth-order valence-corrected chi connectivity index (χ4v) is 3.50. The van der Waals surface area contributed by atoms with Crippen LogP contribution in [0.3, 0.4) is 0 Å². The summed E-state index contributed by atoms with van der Waals surface area (Å²) in [5.74, 6) is 1.34. The maximum atomic E-state index is 12.1. The Morgan fingerprint density at radius 2 is 1.91 bits per heavy atom. The van der Waals surface area contributed by atoms with Gasteiger partial charge in [0.25, 0.3) is 0 Å². The van der Waals surface area contributed by atoms with Gasteiger partial charge >= 0.3 is 6.09 Å². The Morgan fingerprint density at radius 3 is 2.52 bits per heavy atom. The van der Waals surface area contributed by atoms with Crippen LogP contribution in [-0.2, 0) is 11.3 Å². The molecule has 3 rings (SSSR count). The van der Waals surface area contributed by atoms with Gasteiger partial charge in [0.05, 0.1) is 0 Å². The maximum absolute atomic E-state index is 12.1. The van der Waals surface area contributed by atoms with E-state index in [1.807, 2.05) is 26.8 Å². The summed E-state index contributed by atoms with van der Waals surface area (Å²) in [6.07, 6.45) is 2.32. The molecule has 1 saturated carbocycles. The molecule has 0 aromatic heterocycles. The predicted molar refractivity (Wildman–Crippen MR) is 91.1 cm³/mol. The molecule has 1 aliphatic carbocycles. The first-order chi connectivity index (χ1) is 10.9. The van der Waals surface area contributed by atoms with Crippen LogP contribution in [-0.4, -0.2) is 35.7 Å². The van der Waals surface area contributed by atoms with Gasteiger partial charge in [-0.3, -0.25) is 4.90 Å². The summed E-state index contributed by atoms with van der Waals surface area (Å²) in [4.78, 5) is 14.6. The van der Waals surface area contributed by atoms with E-state index in [1.165, 1.54) is 18.4 Å². The van der Waals surface area contributed by atoms with Gasteiger partial charge in [-0.05, 0) is 51.0 Å². The van der Waals surface area contributed by atoms with E-state index in [0.717, 1.165) is 25.6 Å². The Hall–Kier alpha value is -1.55. The van der Waals surface area contributed by atoms with Crippen LogP contribution in [0, 0.1) is 11.8 Å². The molecule has 4 heteroatoms. The maximum Gasteiger partial charge on any atom is 0.407 e. The molecule has 0 radical (unpaired) electrons. The molecule has 2 fully saturated rings. The van der Waals surface area contributed by atoms with Gasteiger partial charge in [-0.2, -0.15) is 0 Å². The summed E-state index contributed by atoms with van der Waals surface area (Å²) >= 11 is 0. The third-order valence-corrected chi connectivity index (χ3v) is 4.62. The molecule has 4 nitrogen and oxygen atoms in total. The number of carbonyl (C=O) groups excluding carboxylic acids is 1. The van der Waals surface area contributed by atoms with Crippen molar-refractivity contribution in [2.45, 2.75) is 51.8 Å². The van der Waals surface area contributed by atoms with Gasteiger partial charge in [-0.25, -0.2) is 4.79 Å². The molecule has 1 aromatic carbocycles. The zero-order valence-electron chi connectivity index (χ0n) is 14.4. The second-order valence-electron chi connectivity index (χ2n) is 7.93. The Balaban J connectivity index is 1.59. The summed E-state index contributed by atoms with van der Waals surface area (Å²) in [7, 11) is 0. The molecular weight excluding hydrogens is 288 g/mol.